The third-order valence-corrected chi connectivity index (χ3v) is 4.17. The van der Waals surface area contributed by atoms with E-state index in [0.29, 0.717) is 19.0 Å². The number of nitrogens with one attached hydrogen (secondary N) is 2. The fourth-order valence-corrected chi connectivity index (χ4v) is 2.90. The summed E-state index contributed by atoms with van der Waals surface area (Å²) >= 11 is 0. The van der Waals surface area contributed by atoms with E-state index in [1.165, 1.54) is 12.0 Å². The highest BCUT2D eigenvalue weighted by Gasteiger charge is 2.24. The Morgan fingerprint density at radius 2 is 2.18 bits per heavy atom. The summed E-state index contributed by atoms with van der Waals surface area (Å²) < 4.78 is 0. The molecule has 3 N–H and O–H groups in total. The Bertz CT molecular complexity index is 452. The summed E-state index contributed by atoms with van der Waals surface area (Å²) in [5.74, 6) is 0. The normalized spacial score (nSPS) is 19.8. The molecule has 122 valence electrons. The van der Waals surface area contributed by atoms with Gasteiger partial charge in [0.1, 0.15) is 0 Å². The van der Waals surface area contributed by atoms with Crippen LogP contribution in [0.3, 0.4) is 0 Å². The number of likely N-dealkylation sites (tertiary alicyclic amines) is 1. The fourth-order valence-electron chi connectivity index (χ4n) is 2.90. The van der Waals surface area contributed by atoms with Crippen molar-refractivity contribution in [1.82, 2.24) is 15.5 Å². The number of aliphatic hydroxyl groups is 1. The monoisotopic (exact) mass is 305 g/mol. The third kappa shape index (κ3) is 5.31. The van der Waals surface area contributed by atoms with Gasteiger partial charge in [-0.1, -0.05) is 30.3 Å². The van der Waals surface area contributed by atoms with Gasteiger partial charge in [-0.05, 0) is 38.3 Å². The molecule has 2 atom stereocenters. The average Bonchev–Trinajstić information content (AvgIpc) is 2.93. The van der Waals surface area contributed by atoms with Crippen molar-refractivity contribution >= 4 is 6.03 Å². The molecule has 0 saturated carbocycles. The summed E-state index contributed by atoms with van der Waals surface area (Å²) in [7, 11) is 0. The average molecular weight is 305 g/mol. The summed E-state index contributed by atoms with van der Waals surface area (Å²) in [5, 5.41) is 14.6. The maximum Gasteiger partial charge on any atom is 0.315 e. The van der Waals surface area contributed by atoms with Gasteiger partial charge < -0.3 is 15.7 Å². The van der Waals surface area contributed by atoms with E-state index in [9.17, 15) is 4.79 Å². The largest absolute Gasteiger partial charge is 0.396 e. The summed E-state index contributed by atoms with van der Waals surface area (Å²) in [4.78, 5) is 14.3. The van der Waals surface area contributed by atoms with Crippen LogP contribution in [0.25, 0.3) is 0 Å². The predicted molar refractivity (Wildman–Crippen MR) is 87.6 cm³/mol. The van der Waals surface area contributed by atoms with Crippen molar-refractivity contribution in [3.05, 3.63) is 35.9 Å². The van der Waals surface area contributed by atoms with Crippen molar-refractivity contribution in [1.29, 1.82) is 0 Å². The van der Waals surface area contributed by atoms with Crippen LogP contribution in [0, 0.1) is 0 Å². The molecule has 5 nitrogen and oxygen atoms in total. The van der Waals surface area contributed by atoms with Crippen LogP contribution in [-0.4, -0.2) is 47.8 Å². The Kier molecular flexibility index (Phi) is 6.68. The highest BCUT2D eigenvalue weighted by atomic mass is 16.3. The van der Waals surface area contributed by atoms with Crippen molar-refractivity contribution < 1.29 is 9.90 Å². The first-order chi connectivity index (χ1) is 10.7. The Morgan fingerprint density at radius 1 is 1.41 bits per heavy atom. The molecule has 0 aliphatic carbocycles. The molecule has 0 spiro atoms. The number of amides is 2. The second-order valence-corrected chi connectivity index (χ2v) is 6.02. The van der Waals surface area contributed by atoms with Crippen molar-refractivity contribution in [2.45, 2.75) is 44.8 Å². The summed E-state index contributed by atoms with van der Waals surface area (Å²) in [6.45, 7) is 4.69. The number of nitrogens with zero attached hydrogens (tertiary/aromatic N) is 1. The van der Waals surface area contributed by atoms with Gasteiger partial charge >= 0.3 is 6.03 Å². The molecule has 1 aromatic rings. The molecule has 1 saturated heterocycles. The Balaban J connectivity index is 1.75. The maximum absolute atomic E-state index is 11.8. The summed E-state index contributed by atoms with van der Waals surface area (Å²) in [6, 6.07) is 10.7. The minimum atomic E-state index is -0.146. The molecule has 0 bridgehead atoms. The quantitative estimate of drug-likeness (QED) is 0.719. The lowest BCUT2D eigenvalue weighted by Crippen LogP contribution is -2.46. The Labute approximate surface area is 132 Å². The van der Waals surface area contributed by atoms with E-state index < -0.39 is 0 Å². The second-order valence-electron chi connectivity index (χ2n) is 6.02. The van der Waals surface area contributed by atoms with E-state index in [2.05, 4.69) is 39.8 Å². The van der Waals surface area contributed by atoms with E-state index in [1.54, 1.807) is 0 Å². The number of urea groups is 1. The molecular weight excluding hydrogens is 278 g/mol. The van der Waals surface area contributed by atoms with E-state index in [1.807, 2.05) is 13.0 Å². The van der Waals surface area contributed by atoms with E-state index in [-0.39, 0.29) is 18.7 Å². The Morgan fingerprint density at radius 3 is 2.91 bits per heavy atom. The maximum atomic E-state index is 11.8. The van der Waals surface area contributed by atoms with Crippen LogP contribution < -0.4 is 10.6 Å². The van der Waals surface area contributed by atoms with Gasteiger partial charge in [0, 0.05) is 31.8 Å². The SMILES string of the molecule is C[C@H](CCO)NC(=O)NCC1CCCN1Cc1ccccc1. The third-order valence-electron chi connectivity index (χ3n) is 4.17. The highest BCUT2D eigenvalue weighted by Crippen LogP contribution is 2.19. The van der Waals surface area contributed by atoms with Crippen LogP contribution in [0.1, 0.15) is 31.7 Å². The van der Waals surface area contributed by atoms with Crippen LogP contribution in [0.2, 0.25) is 0 Å². The zero-order valence-electron chi connectivity index (χ0n) is 13.3. The molecule has 2 rings (SSSR count). The van der Waals surface area contributed by atoms with Crippen LogP contribution in [0.4, 0.5) is 4.79 Å². The number of aliphatic hydroxyl groups excluding tert-OH is 1. The Hall–Kier alpha value is -1.59. The smallest absolute Gasteiger partial charge is 0.315 e. The van der Waals surface area contributed by atoms with Crippen molar-refractivity contribution in [3.63, 3.8) is 0 Å². The topological polar surface area (TPSA) is 64.6 Å². The second kappa shape index (κ2) is 8.76. The van der Waals surface area contributed by atoms with Crippen molar-refractivity contribution in [2.75, 3.05) is 19.7 Å². The number of hydrogen-bond donors (Lipinski definition) is 3. The molecule has 1 aliphatic rings. The number of carbonyl (C=O) groups is 1. The van der Waals surface area contributed by atoms with E-state index in [0.717, 1.165) is 19.5 Å². The van der Waals surface area contributed by atoms with Crippen molar-refractivity contribution in [2.24, 2.45) is 0 Å². The molecule has 5 heteroatoms. The van der Waals surface area contributed by atoms with Gasteiger partial charge in [-0.15, -0.1) is 0 Å². The summed E-state index contributed by atoms with van der Waals surface area (Å²) in [6.07, 6.45) is 2.89. The van der Waals surface area contributed by atoms with Crippen LogP contribution >= 0.6 is 0 Å². The molecule has 0 radical (unpaired) electrons. The molecule has 22 heavy (non-hydrogen) atoms. The first kappa shape index (κ1) is 16.8. The van der Waals surface area contributed by atoms with Gasteiger partial charge in [-0.25, -0.2) is 4.79 Å². The van der Waals surface area contributed by atoms with Crippen LogP contribution in [0.15, 0.2) is 30.3 Å². The number of rotatable bonds is 7. The summed E-state index contributed by atoms with van der Waals surface area (Å²) in [5.41, 5.74) is 1.32. The van der Waals surface area contributed by atoms with Gasteiger partial charge in [0.15, 0.2) is 0 Å². The fraction of sp³-hybridized carbons (Fsp3) is 0.588. The minimum absolute atomic E-state index is 0.00556. The van der Waals surface area contributed by atoms with E-state index >= 15 is 0 Å². The van der Waals surface area contributed by atoms with Gasteiger partial charge in [-0.2, -0.15) is 0 Å². The van der Waals surface area contributed by atoms with Crippen LogP contribution in [0.5, 0.6) is 0 Å². The zero-order chi connectivity index (χ0) is 15.8. The van der Waals surface area contributed by atoms with E-state index in [4.69, 9.17) is 5.11 Å². The standard InChI is InChI=1S/C17H27N3O2/c1-14(9-11-21)19-17(22)18-12-16-8-5-10-20(16)13-15-6-3-2-4-7-15/h2-4,6-7,14,16,21H,5,8-13H2,1H3,(H2,18,19,22)/t14-,16?/m1/s1. The van der Waals surface area contributed by atoms with Gasteiger partial charge in [-0.3, -0.25) is 4.90 Å². The first-order valence-electron chi connectivity index (χ1n) is 8.12. The molecule has 1 aliphatic heterocycles. The molecule has 1 heterocycles. The van der Waals surface area contributed by atoms with Crippen molar-refractivity contribution in [3.8, 4) is 0 Å². The first-order valence-corrected chi connectivity index (χ1v) is 8.12. The molecule has 1 unspecified atom stereocenters. The number of carbonyl (C=O) groups excluding carboxylic acids is 1. The lowest BCUT2D eigenvalue weighted by atomic mass is 10.2. The predicted octanol–water partition coefficient (Wildman–Crippen LogP) is 1.72. The number of benzene rings is 1. The van der Waals surface area contributed by atoms with Gasteiger partial charge in [0.05, 0.1) is 0 Å². The van der Waals surface area contributed by atoms with Gasteiger partial charge in [0.25, 0.3) is 0 Å². The molecule has 1 fully saturated rings. The zero-order valence-corrected chi connectivity index (χ0v) is 13.3. The lowest BCUT2D eigenvalue weighted by Gasteiger charge is -2.25. The lowest BCUT2D eigenvalue weighted by molar-refractivity contribution is 0.216. The highest BCUT2D eigenvalue weighted by molar-refractivity contribution is 5.74. The molecular formula is C17H27N3O2. The molecule has 2 amide bonds. The van der Waals surface area contributed by atoms with Gasteiger partial charge in [0.2, 0.25) is 0 Å². The molecule has 0 aromatic heterocycles. The molecule has 1 aromatic carbocycles. The number of hydrogen-bond acceptors (Lipinski definition) is 3. The minimum Gasteiger partial charge on any atom is -0.396 e. The van der Waals surface area contributed by atoms with Crippen LogP contribution in [-0.2, 0) is 6.54 Å².